The SMILES string of the molecule is COCc1cc(Cl)cc(S(=O)(=O)N2CCC3(CC2)CC(N2CCOCC2)CO3)c1. The molecular formula is C20H29ClN2O5S. The van der Waals surface area contributed by atoms with E-state index < -0.39 is 10.0 Å². The van der Waals surface area contributed by atoms with Crippen molar-refractivity contribution in [2.75, 3.05) is 53.1 Å². The van der Waals surface area contributed by atoms with Crippen LogP contribution in [-0.2, 0) is 30.8 Å². The van der Waals surface area contributed by atoms with Crippen molar-refractivity contribution >= 4 is 21.6 Å². The first-order valence-corrected chi connectivity index (χ1v) is 12.0. The lowest BCUT2D eigenvalue weighted by Gasteiger charge is -2.38. The summed E-state index contributed by atoms with van der Waals surface area (Å²) in [6.45, 7) is 5.42. The van der Waals surface area contributed by atoms with Crippen LogP contribution < -0.4 is 0 Å². The van der Waals surface area contributed by atoms with Gasteiger partial charge in [0.05, 0.1) is 36.9 Å². The van der Waals surface area contributed by atoms with Crippen molar-refractivity contribution in [2.45, 2.75) is 42.4 Å². The molecule has 7 nitrogen and oxygen atoms in total. The zero-order chi connectivity index (χ0) is 20.5. The molecule has 4 rings (SSSR count). The summed E-state index contributed by atoms with van der Waals surface area (Å²) in [4.78, 5) is 2.68. The maximum atomic E-state index is 13.2. The molecule has 0 bridgehead atoms. The summed E-state index contributed by atoms with van der Waals surface area (Å²) < 4.78 is 44.7. The van der Waals surface area contributed by atoms with Gasteiger partial charge in [0.1, 0.15) is 0 Å². The lowest BCUT2D eigenvalue weighted by molar-refractivity contribution is -0.0328. The fourth-order valence-corrected chi connectivity index (χ4v) is 6.51. The molecule has 1 aromatic rings. The van der Waals surface area contributed by atoms with Gasteiger partial charge in [0, 0.05) is 44.4 Å². The number of nitrogens with zero attached hydrogens (tertiary/aromatic N) is 2. The zero-order valence-corrected chi connectivity index (χ0v) is 18.4. The quantitative estimate of drug-likeness (QED) is 0.693. The second-order valence-electron chi connectivity index (χ2n) is 8.13. The Morgan fingerprint density at radius 2 is 1.90 bits per heavy atom. The van der Waals surface area contributed by atoms with E-state index in [2.05, 4.69) is 4.90 Å². The Morgan fingerprint density at radius 1 is 1.17 bits per heavy atom. The molecule has 0 aliphatic carbocycles. The van der Waals surface area contributed by atoms with E-state index in [0.29, 0.717) is 30.8 Å². The van der Waals surface area contributed by atoms with Crippen LogP contribution in [0.25, 0.3) is 0 Å². The van der Waals surface area contributed by atoms with Crippen LogP contribution in [0, 0.1) is 0 Å². The Kier molecular flexibility index (Phi) is 6.51. The van der Waals surface area contributed by atoms with Gasteiger partial charge in [0.25, 0.3) is 0 Å². The van der Waals surface area contributed by atoms with E-state index in [9.17, 15) is 8.42 Å². The Morgan fingerprint density at radius 3 is 2.59 bits per heavy atom. The lowest BCUT2D eigenvalue weighted by Crippen LogP contribution is -2.48. The molecule has 162 valence electrons. The summed E-state index contributed by atoms with van der Waals surface area (Å²) in [5.41, 5.74) is 0.546. The van der Waals surface area contributed by atoms with E-state index in [4.69, 9.17) is 25.8 Å². The van der Waals surface area contributed by atoms with Crippen molar-refractivity contribution in [3.63, 3.8) is 0 Å². The fraction of sp³-hybridized carbons (Fsp3) is 0.700. The highest BCUT2D eigenvalue weighted by molar-refractivity contribution is 7.89. The van der Waals surface area contributed by atoms with Crippen LogP contribution in [0.5, 0.6) is 0 Å². The van der Waals surface area contributed by atoms with Gasteiger partial charge in [-0.25, -0.2) is 8.42 Å². The molecule has 3 aliphatic heterocycles. The molecule has 1 aromatic carbocycles. The zero-order valence-electron chi connectivity index (χ0n) is 16.8. The second kappa shape index (κ2) is 8.78. The smallest absolute Gasteiger partial charge is 0.243 e. The first-order chi connectivity index (χ1) is 13.9. The predicted molar refractivity (Wildman–Crippen MR) is 110 cm³/mol. The average molecular weight is 445 g/mol. The number of methoxy groups -OCH3 is 1. The molecule has 0 saturated carbocycles. The van der Waals surface area contributed by atoms with Gasteiger partial charge in [0.15, 0.2) is 0 Å². The van der Waals surface area contributed by atoms with Crippen LogP contribution >= 0.6 is 11.6 Å². The molecule has 1 spiro atoms. The molecule has 3 heterocycles. The summed E-state index contributed by atoms with van der Waals surface area (Å²) >= 11 is 6.15. The van der Waals surface area contributed by atoms with E-state index in [1.165, 1.54) is 6.07 Å². The summed E-state index contributed by atoms with van der Waals surface area (Å²) in [6, 6.07) is 5.30. The van der Waals surface area contributed by atoms with Gasteiger partial charge in [-0.3, -0.25) is 4.90 Å². The molecule has 3 saturated heterocycles. The monoisotopic (exact) mass is 444 g/mol. The summed E-state index contributed by atoms with van der Waals surface area (Å²) in [6.07, 6.45) is 2.41. The summed E-state index contributed by atoms with van der Waals surface area (Å²) in [5, 5.41) is 0.402. The van der Waals surface area contributed by atoms with Crippen LogP contribution in [0.4, 0.5) is 0 Å². The van der Waals surface area contributed by atoms with E-state index in [-0.39, 0.29) is 10.5 Å². The fourth-order valence-electron chi connectivity index (χ4n) is 4.65. The third-order valence-corrected chi connectivity index (χ3v) is 8.36. The van der Waals surface area contributed by atoms with Crippen molar-refractivity contribution in [2.24, 2.45) is 0 Å². The first kappa shape index (κ1) is 21.5. The van der Waals surface area contributed by atoms with Crippen LogP contribution in [0.1, 0.15) is 24.8 Å². The third kappa shape index (κ3) is 4.63. The Balaban J connectivity index is 1.41. The van der Waals surface area contributed by atoms with Crippen LogP contribution in [0.3, 0.4) is 0 Å². The number of morpholine rings is 1. The molecule has 9 heteroatoms. The molecule has 1 unspecified atom stereocenters. The molecule has 3 aliphatic rings. The molecular weight excluding hydrogens is 416 g/mol. The van der Waals surface area contributed by atoms with Gasteiger partial charge in [-0.05, 0) is 43.0 Å². The maximum absolute atomic E-state index is 13.2. The number of rotatable bonds is 5. The van der Waals surface area contributed by atoms with Gasteiger partial charge < -0.3 is 14.2 Å². The number of sulfonamides is 1. The Hall–Kier alpha value is -0.740. The van der Waals surface area contributed by atoms with E-state index in [0.717, 1.165) is 57.7 Å². The number of hydrogen-bond acceptors (Lipinski definition) is 6. The van der Waals surface area contributed by atoms with E-state index in [1.54, 1.807) is 23.5 Å². The van der Waals surface area contributed by atoms with Gasteiger partial charge >= 0.3 is 0 Å². The van der Waals surface area contributed by atoms with Gasteiger partial charge in [-0.1, -0.05) is 11.6 Å². The molecule has 29 heavy (non-hydrogen) atoms. The Bertz CT molecular complexity index is 820. The maximum Gasteiger partial charge on any atom is 0.243 e. The normalized spacial score (nSPS) is 26.2. The summed E-state index contributed by atoms with van der Waals surface area (Å²) in [5.74, 6) is 0. The molecule has 0 amide bonds. The average Bonchev–Trinajstić information content (AvgIpc) is 3.12. The minimum Gasteiger partial charge on any atom is -0.380 e. The molecule has 0 aromatic heterocycles. The second-order valence-corrected chi connectivity index (χ2v) is 10.5. The number of hydrogen-bond donors (Lipinski definition) is 0. The topological polar surface area (TPSA) is 68.3 Å². The largest absolute Gasteiger partial charge is 0.380 e. The van der Waals surface area contributed by atoms with Crippen molar-refractivity contribution < 1.29 is 22.6 Å². The van der Waals surface area contributed by atoms with Gasteiger partial charge in [-0.15, -0.1) is 0 Å². The lowest BCUT2D eigenvalue weighted by atomic mass is 9.88. The highest BCUT2D eigenvalue weighted by Gasteiger charge is 2.46. The number of halogens is 1. The van der Waals surface area contributed by atoms with Crippen LogP contribution in [0.2, 0.25) is 5.02 Å². The van der Waals surface area contributed by atoms with Gasteiger partial charge in [0.2, 0.25) is 10.0 Å². The van der Waals surface area contributed by atoms with Crippen molar-refractivity contribution in [1.82, 2.24) is 9.21 Å². The molecule has 0 N–H and O–H groups in total. The minimum absolute atomic E-state index is 0.204. The van der Waals surface area contributed by atoms with Crippen LogP contribution in [-0.4, -0.2) is 82.4 Å². The first-order valence-electron chi connectivity index (χ1n) is 10.2. The standard InChI is InChI=1S/C20H29ClN2O5S/c1-26-14-16-10-17(21)12-19(11-16)29(24,25)23-4-2-20(3-5-23)13-18(15-28-20)22-6-8-27-9-7-22/h10-12,18H,2-9,13-15H2,1H3. The highest BCUT2D eigenvalue weighted by Crippen LogP contribution is 2.39. The van der Waals surface area contributed by atoms with Crippen molar-refractivity contribution in [3.05, 3.63) is 28.8 Å². The summed E-state index contributed by atoms with van der Waals surface area (Å²) in [7, 11) is -2.02. The number of benzene rings is 1. The number of piperidine rings is 1. The van der Waals surface area contributed by atoms with Crippen molar-refractivity contribution in [1.29, 1.82) is 0 Å². The predicted octanol–water partition coefficient (Wildman–Crippen LogP) is 2.13. The van der Waals surface area contributed by atoms with Crippen molar-refractivity contribution in [3.8, 4) is 0 Å². The number of ether oxygens (including phenoxy) is 3. The molecule has 0 radical (unpaired) electrons. The highest BCUT2D eigenvalue weighted by atomic mass is 35.5. The minimum atomic E-state index is -3.59. The van der Waals surface area contributed by atoms with E-state index >= 15 is 0 Å². The third-order valence-electron chi connectivity index (χ3n) is 6.27. The molecule has 3 fully saturated rings. The molecule has 1 atom stereocenters. The van der Waals surface area contributed by atoms with Crippen LogP contribution in [0.15, 0.2) is 23.1 Å². The Labute approximate surface area is 177 Å². The van der Waals surface area contributed by atoms with E-state index in [1.807, 2.05) is 0 Å². The van der Waals surface area contributed by atoms with Gasteiger partial charge in [-0.2, -0.15) is 4.31 Å².